The van der Waals surface area contributed by atoms with Gasteiger partial charge in [-0.05, 0) is 65.9 Å². The van der Waals surface area contributed by atoms with Gasteiger partial charge >= 0.3 is 5.97 Å². The molecule has 2 nitrogen and oxygen atoms in total. The average molecular weight is 395 g/mol. The molecular weight excluding hydrogens is 368 g/mol. The summed E-state index contributed by atoms with van der Waals surface area (Å²) in [6, 6.07) is 24.2. The van der Waals surface area contributed by atoms with E-state index in [1.54, 1.807) is 12.1 Å². The molecule has 3 rings (SSSR count). The molecule has 0 saturated heterocycles. The van der Waals surface area contributed by atoms with Gasteiger partial charge in [-0.15, -0.1) is 0 Å². The maximum atomic E-state index is 11.2. The molecule has 0 atom stereocenters. The first-order chi connectivity index (χ1) is 14.7. The number of carbonyl (C=O) groups excluding carboxylic acids is 1. The lowest BCUT2D eigenvalue weighted by molar-refractivity contribution is -0.128. The zero-order chi connectivity index (χ0) is 21.2. The van der Waals surface area contributed by atoms with E-state index in [0.717, 1.165) is 23.6 Å². The largest absolute Gasteiger partial charge is 0.423 e. The van der Waals surface area contributed by atoms with Crippen molar-refractivity contribution in [3.05, 3.63) is 102 Å². The third kappa shape index (κ3) is 6.22. The summed E-state index contributed by atoms with van der Waals surface area (Å²) in [5, 5.41) is 0. The van der Waals surface area contributed by atoms with Gasteiger partial charge in [-0.2, -0.15) is 0 Å². The van der Waals surface area contributed by atoms with E-state index < -0.39 is 5.97 Å². The Morgan fingerprint density at radius 3 is 1.90 bits per heavy atom. The highest BCUT2D eigenvalue weighted by Crippen LogP contribution is 2.21. The van der Waals surface area contributed by atoms with Gasteiger partial charge in [0.2, 0.25) is 0 Å². The van der Waals surface area contributed by atoms with Gasteiger partial charge in [0.1, 0.15) is 5.75 Å². The number of aryl methyl sites for hydroxylation is 1. The monoisotopic (exact) mass is 394 g/mol. The molecule has 0 spiro atoms. The van der Waals surface area contributed by atoms with Crippen LogP contribution < -0.4 is 4.74 Å². The first-order valence-corrected chi connectivity index (χ1v) is 10.3. The molecule has 0 heterocycles. The van der Waals surface area contributed by atoms with E-state index in [9.17, 15) is 4.79 Å². The highest BCUT2D eigenvalue weighted by Gasteiger charge is 2.00. The quantitative estimate of drug-likeness (QED) is 0.149. The standard InChI is InChI=1S/C28H26O2/c1-3-5-6-7-22-10-16-25(17-11-22)26-18-12-23(13-19-26)8-9-24-14-20-27(21-15-24)30-28(29)4-2/h4,10-21H,2-3,5-7H2,1H3. The number of rotatable bonds is 7. The van der Waals surface area contributed by atoms with Crippen LogP contribution in [0.5, 0.6) is 5.75 Å². The number of esters is 1. The average Bonchev–Trinajstić information content (AvgIpc) is 2.79. The van der Waals surface area contributed by atoms with E-state index in [0.29, 0.717) is 5.75 Å². The van der Waals surface area contributed by atoms with Crippen LogP contribution >= 0.6 is 0 Å². The van der Waals surface area contributed by atoms with Gasteiger partial charge in [-0.3, -0.25) is 0 Å². The van der Waals surface area contributed by atoms with E-state index >= 15 is 0 Å². The molecule has 0 radical (unpaired) electrons. The Morgan fingerprint density at radius 1 is 0.833 bits per heavy atom. The molecule has 0 aliphatic heterocycles. The summed E-state index contributed by atoms with van der Waals surface area (Å²) in [6.45, 7) is 5.62. The third-order valence-corrected chi connectivity index (χ3v) is 4.83. The Bertz CT molecular complexity index is 1030. The predicted octanol–water partition coefficient (Wildman–Crippen LogP) is 6.58. The molecule has 0 aliphatic carbocycles. The van der Waals surface area contributed by atoms with E-state index in [1.165, 1.54) is 36.0 Å². The number of benzene rings is 3. The molecule has 0 amide bonds. The summed E-state index contributed by atoms with van der Waals surface area (Å²) in [5.74, 6) is 6.32. The fourth-order valence-electron chi connectivity index (χ4n) is 3.10. The van der Waals surface area contributed by atoms with Crippen LogP contribution in [0, 0.1) is 11.8 Å². The molecule has 2 heteroatoms. The molecule has 0 saturated carbocycles. The van der Waals surface area contributed by atoms with Gasteiger partial charge < -0.3 is 4.74 Å². The van der Waals surface area contributed by atoms with Crippen molar-refractivity contribution in [3.63, 3.8) is 0 Å². The van der Waals surface area contributed by atoms with Crippen LogP contribution in [-0.4, -0.2) is 5.97 Å². The lowest BCUT2D eigenvalue weighted by Crippen LogP contribution is -2.02. The van der Waals surface area contributed by atoms with Crippen molar-refractivity contribution < 1.29 is 9.53 Å². The summed E-state index contributed by atoms with van der Waals surface area (Å²) in [7, 11) is 0. The topological polar surface area (TPSA) is 26.3 Å². The first-order valence-electron chi connectivity index (χ1n) is 10.3. The lowest BCUT2D eigenvalue weighted by Gasteiger charge is -2.05. The molecule has 0 N–H and O–H groups in total. The minimum Gasteiger partial charge on any atom is -0.423 e. The Labute approximate surface area is 179 Å². The van der Waals surface area contributed by atoms with E-state index in [4.69, 9.17) is 4.74 Å². The zero-order valence-corrected chi connectivity index (χ0v) is 17.4. The Kier molecular flexibility index (Phi) is 7.64. The molecule has 0 unspecified atom stereocenters. The normalized spacial score (nSPS) is 10.0. The third-order valence-electron chi connectivity index (χ3n) is 4.83. The van der Waals surface area contributed by atoms with E-state index in [2.05, 4.69) is 61.7 Å². The fraction of sp³-hybridized carbons (Fsp3) is 0.179. The van der Waals surface area contributed by atoms with Crippen LogP contribution in [-0.2, 0) is 11.2 Å². The highest BCUT2D eigenvalue weighted by atomic mass is 16.5. The van der Waals surface area contributed by atoms with Gasteiger partial charge in [0.15, 0.2) is 0 Å². The van der Waals surface area contributed by atoms with Crippen molar-refractivity contribution in [2.24, 2.45) is 0 Å². The molecule has 150 valence electrons. The summed E-state index contributed by atoms with van der Waals surface area (Å²) >= 11 is 0. The second kappa shape index (κ2) is 10.8. The Hall–Kier alpha value is -3.57. The Balaban J connectivity index is 1.62. The molecular formula is C28H26O2. The van der Waals surface area contributed by atoms with Crippen molar-refractivity contribution >= 4 is 5.97 Å². The number of carbonyl (C=O) groups is 1. The van der Waals surface area contributed by atoms with Crippen molar-refractivity contribution in [1.29, 1.82) is 0 Å². The molecule has 0 fully saturated rings. The molecule has 0 aliphatic rings. The van der Waals surface area contributed by atoms with Crippen molar-refractivity contribution in [2.45, 2.75) is 32.6 Å². The zero-order valence-electron chi connectivity index (χ0n) is 17.4. The van der Waals surface area contributed by atoms with E-state index in [-0.39, 0.29) is 0 Å². The smallest absolute Gasteiger partial charge is 0.335 e. The lowest BCUT2D eigenvalue weighted by atomic mass is 10.0. The molecule has 30 heavy (non-hydrogen) atoms. The summed E-state index contributed by atoms with van der Waals surface area (Å²) in [4.78, 5) is 11.2. The van der Waals surface area contributed by atoms with Crippen LogP contribution in [0.4, 0.5) is 0 Å². The number of unbranched alkanes of at least 4 members (excludes halogenated alkanes) is 2. The van der Waals surface area contributed by atoms with Gasteiger partial charge in [0.25, 0.3) is 0 Å². The highest BCUT2D eigenvalue weighted by molar-refractivity contribution is 5.83. The van der Waals surface area contributed by atoms with Crippen LogP contribution in [0.1, 0.15) is 42.9 Å². The van der Waals surface area contributed by atoms with Gasteiger partial charge in [0, 0.05) is 17.2 Å². The van der Waals surface area contributed by atoms with Crippen molar-refractivity contribution in [1.82, 2.24) is 0 Å². The van der Waals surface area contributed by atoms with Crippen molar-refractivity contribution in [3.8, 4) is 28.7 Å². The molecule has 3 aromatic rings. The summed E-state index contributed by atoms with van der Waals surface area (Å²) in [5.41, 5.74) is 5.63. The maximum Gasteiger partial charge on any atom is 0.335 e. The van der Waals surface area contributed by atoms with E-state index in [1.807, 2.05) is 24.3 Å². The summed E-state index contributed by atoms with van der Waals surface area (Å²) in [6.07, 6.45) is 6.09. The molecule has 3 aromatic carbocycles. The minimum atomic E-state index is -0.472. The molecule has 0 bridgehead atoms. The minimum absolute atomic E-state index is 0.472. The SMILES string of the molecule is C=CC(=O)Oc1ccc(C#Cc2ccc(-c3ccc(CCCCC)cc3)cc2)cc1. The van der Waals surface area contributed by atoms with Crippen LogP contribution in [0.25, 0.3) is 11.1 Å². The van der Waals surface area contributed by atoms with Crippen LogP contribution in [0.15, 0.2) is 85.5 Å². The number of hydrogen-bond acceptors (Lipinski definition) is 2. The summed E-state index contributed by atoms with van der Waals surface area (Å²) < 4.78 is 5.06. The molecule has 0 aromatic heterocycles. The second-order valence-electron chi connectivity index (χ2n) is 7.13. The first kappa shape index (κ1) is 21.1. The van der Waals surface area contributed by atoms with Gasteiger partial charge in [0.05, 0.1) is 0 Å². The maximum absolute atomic E-state index is 11.2. The second-order valence-corrected chi connectivity index (χ2v) is 7.13. The van der Waals surface area contributed by atoms with Gasteiger partial charge in [-0.25, -0.2) is 4.79 Å². The number of ether oxygens (including phenoxy) is 1. The van der Waals surface area contributed by atoms with Crippen LogP contribution in [0.3, 0.4) is 0 Å². The van der Waals surface area contributed by atoms with Crippen molar-refractivity contribution in [2.75, 3.05) is 0 Å². The predicted molar refractivity (Wildman–Crippen MR) is 123 cm³/mol. The Morgan fingerprint density at radius 2 is 1.37 bits per heavy atom. The number of hydrogen-bond donors (Lipinski definition) is 0. The van der Waals surface area contributed by atoms with Crippen LogP contribution in [0.2, 0.25) is 0 Å². The fourth-order valence-corrected chi connectivity index (χ4v) is 3.10. The van der Waals surface area contributed by atoms with Gasteiger partial charge in [-0.1, -0.05) is 74.6 Å².